The number of unbranched alkanes of at least 4 members (excludes halogenated alkanes) is 48. The third-order valence-corrected chi connectivity index (χ3v) is 20.4. The van der Waals surface area contributed by atoms with Crippen molar-refractivity contribution < 1.29 is 42.8 Å². The van der Waals surface area contributed by atoms with E-state index < -0.39 is 7.60 Å². The normalized spacial score (nSPS) is 11.9. The summed E-state index contributed by atoms with van der Waals surface area (Å²) in [4.78, 5) is 18.2. The van der Waals surface area contributed by atoms with Gasteiger partial charge in [-0.15, -0.1) is 0 Å². The van der Waals surface area contributed by atoms with E-state index in [1.807, 2.05) is 0 Å². The van der Waals surface area contributed by atoms with Gasteiger partial charge in [0, 0.05) is 6.16 Å². The number of hydrogen-bond donors (Lipinski definition) is 2. The fourth-order valence-electron chi connectivity index (χ4n) is 13.5. The third kappa shape index (κ3) is 38.7. The predicted octanol–water partition coefficient (Wildman–Crippen LogP) is 27.8. The summed E-state index contributed by atoms with van der Waals surface area (Å²) < 4.78 is 52.8. The summed E-state index contributed by atoms with van der Waals surface area (Å²) in [5, 5.41) is 6.78. The largest absolute Gasteiger partial charge is 0.490 e. The highest BCUT2D eigenvalue weighted by atomic mass is 31.2. The molecule has 2 N–H and O–H groups in total. The molecule has 0 aliphatic rings. The molecule has 4 rings (SSSR count). The maximum absolute atomic E-state index is 11.1. The lowest BCUT2D eigenvalue weighted by molar-refractivity contribution is 0.258. The van der Waals surface area contributed by atoms with E-state index in [-0.39, 0.29) is 6.16 Å². The number of benzene rings is 4. The second-order valence-corrected chi connectivity index (χ2v) is 30.1. The van der Waals surface area contributed by atoms with E-state index in [4.69, 9.17) is 38.2 Å². The molecule has 0 saturated carbocycles. The van der Waals surface area contributed by atoms with Crippen LogP contribution in [0.5, 0.6) is 34.5 Å². The molecule has 0 fully saturated rings. The Balaban J connectivity index is 1.72. The molecule has 0 heterocycles. The SMILES string of the molecule is CCCCCCCCCCOc1cc2c3cc(OCCCCCCCCCC)c(OCCCCCCCCCC)cc3c3cc(OCCCCCCCCCCCCCCCCP(=O)(O)O)c(OCCCCCCCCCC)cc3c2cc1OCCCCCCCCCC. The first-order valence-corrected chi connectivity index (χ1v) is 42.4. The molecule has 0 aliphatic heterocycles. The van der Waals surface area contributed by atoms with E-state index >= 15 is 0 Å². The topological polar surface area (TPSA) is 113 Å². The van der Waals surface area contributed by atoms with E-state index in [1.54, 1.807) is 0 Å². The molecule has 0 aromatic heterocycles. The van der Waals surface area contributed by atoms with Crippen LogP contribution in [0.4, 0.5) is 0 Å². The number of ether oxygens (including phenoxy) is 6. The zero-order valence-corrected chi connectivity index (χ0v) is 62.7. The number of fused-ring (bicyclic) bond motifs is 6. The predicted molar refractivity (Wildman–Crippen MR) is 407 cm³/mol. The number of hydrogen-bond acceptors (Lipinski definition) is 7. The molecule has 94 heavy (non-hydrogen) atoms. The van der Waals surface area contributed by atoms with Gasteiger partial charge in [0.1, 0.15) is 0 Å². The van der Waals surface area contributed by atoms with Crippen molar-refractivity contribution in [1.29, 1.82) is 0 Å². The van der Waals surface area contributed by atoms with Gasteiger partial charge in [0.15, 0.2) is 34.5 Å². The van der Waals surface area contributed by atoms with Crippen molar-refractivity contribution in [3.05, 3.63) is 36.4 Å². The maximum atomic E-state index is 11.1. The van der Waals surface area contributed by atoms with Crippen molar-refractivity contribution in [3.8, 4) is 34.5 Å². The average Bonchev–Trinajstić information content (AvgIpc) is 0.729. The highest BCUT2D eigenvalue weighted by Crippen LogP contribution is 2.48. The van der Waals surface area contributed by atoms with Gasteiger partial charge < -0.3 is 38.2 Å². The second-order valence-electron chi connectivity index (χ2n) is 28.3. The van der Waals surface area contributed by atoms with Crippen molar-refractivity contribution >= 4 is 39.9 Å². The van der Waals surface area contributed by atoms with Crippen molar-refractivity contribution in [2.45, 2.75) is 381 Å². The third-order valence-electron chi connectivity index (χ3n) is 19.5. The van der Waals surface area contributed by atoms with Crippen LogP contribution < -0.4 is 28.4 Å². The Hall–Kier alpha value is -3.39. The quantitative estimate of drug-likeness (QED) is 0.0253. The maximum Gasteiger partial charge on any atom is 0.325 e. The highest BCUT2D eigenvalue weighted by Gasteiger charge is 2.21. The fraction of sp³-hybridized carbons (Fsp3) is 0.786. The lowest BCUT2D eigenvalue weighted by atomic mass is 9.93. The van der Waals surface area contributed by atoms with Gasteiger partial charge in [0.05, 0.1) is 39.6 Å². The van der Waals surface area contributed by atoms with Gasteiger partial charge in [0.25, 0.3) is 0 Å². The van der Waals surface area contributed by atoms with Crippen molar-refractivity contribution in [1.82, 2.24) is 0 Å². The molecule has 4 aromatic rings. The van der Waals surface area contributed by atoms with Crippen LogP contribution in [-0.2, 0) is 4.57 Å². The van der Waals surface area contributed by atoms with E-state index in [1.165, 1.54) is 283 Å². The molecule has 10 heteroatoms. The Morgan fingerprint density at radius 2 is 0.340 bits per heavy atom. The van der Waals surface area contributed by atoms with Crippen LogP contribution in [0.15, 0.2) is 36.4 Å². The van der Waals surface area contributed by atoms with Crippen LogP contribution in [-0.4, -0.2) is 55.6 Å². The van der Waals surface area contributed by atoms with E-state index in [2.05, 4.69) is 71.0 Å². The fourth-order valence-corrected chi connectivity index (χ4v) is 14.1. The summed E-state index contributed by atoms with van der Waals surface area (Å²) >= 11 is 0. The van der Waals surface area contributed by atoms with Crippen molar-refractivity contribution in [3.63, 3.8) is 0 Å². The van der Waals surface area contributed by atoms with Gasteiger partial charge in [0.2, 0.25) is 0 Å². The first-order valence-electron chi connectivity index (χ1n) is 40.6. The summed E-state index contributed by atoms with van der Waals surface area (Å²) in [6.07, 6.45) is 66.2. The lowest BCUT2D eigenvalue weighted by Gasteiger charge is -2.21. The molecule has 0 spiro atoms. The van der Waals surface area contributed by atoms with Crippen LogP contribution in [0.3, 0.4) is 0 Å². The van der Waals surface area contributed by atoms with Crippen LogP contribution in [0, 0.1) is 0 Å². The molecule has 0 radical (unpaired) electrons. The van der Waals surface area contributed by atoms with Crippen LogP contribution in [0.1, 0.15) is 381 Å². The summed E-state index contributed by atoms with van der Waals surface area (Å²) in [5.74, 6) is 4.97. The molecule has 0 bridgehead atoms. The Labute approximate surface area is 577 Å². The Morgan fingerprint density at radius 3 is 0.479 bits per heavy atom. The summed E-state index contributed by atoms with van der Waals surface area (Å²) in [7, 11) is -3.85. The summed E-state index contributed by atoms with van der Waals surface area (Å²) in [6, 6.07) is 13.8. The van der Waals surface area contributed by atoms with Gasteiger partial charge in [-0.05, 0) is 114 Å². The first kappa shape index (κ1) is 83.0. The van der Waals surface area contributed by atoms with E-state index in [9.17, 15) is 4.57 Å². The summed E-state index contributed by atoms with van der Waals surface area (Å²) in [6.45, 7) is 15.4. The van der Waals surface area contributed by atoms with Crippen LogP contribution >= 0.6 is 7.60 Å². The minimum absolute atomic E-state index is 0.0248. The van der Waals surface area contributed by atoms with Gasteiger partial charge in [-0.3, -0.25) is 4.57 Å². The summed E-state index contributed by atoms with van der Waals surface area (Å²) in [5.41, 5.74) is 0. The minimum atomic E-state index is -3.85. The van der Waals surface area contributed by atoms with Gasteiger partial charge >= 0.3 is 7.60 Å². The molecule has 4 aromatic carbocycles. The number of rotatable bonds is 68. The zero-order valence-electron chi connectivity index (χ0n) is 61.8. The molecule has 0 aliphatic carbocycles. The molecule has 0 atom stereocenters. The minimum Gasteiger partial charge on any atom is -0.490 e. The van der Waals surface area contributed by atoms with Crippen LogP contribution in [0.2, 0.25) is 0 Å². The molecule has 0 unspecified atom stereocenters. The van der Waals surface area contributed by atoms with E-state index in [0.717, 1.165) is 125 Å². The monoisotopic (exact) mass is 1330 g/mol. The zero-order chi connectivity index (χ0) is 67.0. The molecular formula is C84H145O9P. The molecule has 0 saturated heterocycles. The molecular weight excluding hydrogens is 1180 g/mol. The first-order chi connectivity index (χ1) is 46.2. The molecule has 540 valence electrons. The smallest absolute Gasteiger partial charge is 0.325 e. The van der Waals surface area contributed by atoms with Gasteiger partial charge in [-0.25, -0.2) is 0 Å². The average molecular weight is 1330 g/mol. The Morgan fingerprint density at radius 1 is 0.213 bits per heavy atom. The highest BCUT2D eigenvalue weighted by molar-refractivity contribution is 7.51. The Bertz CT molecular complexity index is 2430. The van der Waals surface area contributed by atoms with Crippen LogP contribution in [0.25, 0.3) is 32.3 Å². The molecule has 9 nitrogen and oxygen atoms in total. The van der Waals surface area contributed by atoms with E-state index in [0.29, 0.717) is 46.1 Å². The van der Waals surface area contributed by atoms with Gasteiger partial charge in [-0.2, -0.15) is 0 Å². The second kappa shape index (κ2) is 56.5. The van der Waals surface area contributed by atoms with Gasteiger partial charge in [-0.1, -0.05) is 336 Å². The van der Waals surface area contributed by atoms with Crippen molar-refractivity contribution in [2.24, 2.45) is 0 Å². The van der Waals surface area contributed by atoms with Crippen molar-refractivity contribution in [2.75, 3.05) is 45.8 Å². The molecule has 0 amide bonds. The lowest BCUT2D eigenvalue weighted by Crippen LogP contribution is -2.05. The Kier molecular flexibility index (Phi) is 49.9. The standard InChI is InChI=1S/C84H145O9P/c1-6-11-16-21-26-39-46-53-60-88-79-67-73-74-68-80(89-61-54-47-40-27-22-17-12-7-2)82(91-63-56-49-42-29-24-19-14-9-4)70-76(74)78-72-84(93-65-58-51-44-37-35-33-31-32-34-36-38-45-52-59-66-94(85,86)87)83(92-64-57-50-43-30-25-20-15-10-5)71-77(78)75(73)69-81(79)90-62-55-48-41-28-23-18-13-8-3/h67-72H,6-66H2,1-5H3,(H2,85,86,87).